The molecule has 0 heterocycles. The van der Waals surface area contributed by atoms with Crippen molar-refractivity contribution in [2.24, 2.45) is 0 Å². The predicted octanol–water partition coefficient (Wildman–Crippen LogP) is 6.19. The minimum absolute atomic E-state index is 0.159. The molecule has 0 aliphatic rings. The summed E-state index contributed by atoms with van der Waals surface area (Å²) in [6.45, 7) is 9.84. The summed E-state index contributed by atoms with van der Waals surface area (Å²) in [7, 11) is 0. The van der Waals surface area contributed by atoms with Gasteiger partial charge in [0.1, 0.15) is 18.1 Å². The van der Waals surface area contributed by atoms with Gasteiger partial charge in [0.05, 0.1) is 45.2 Å². The van der Waals surface area contributed by atoms with Gasteiger partial charge in [-0.3, -0.25) is 0 Å². The zero-order valence-corrected chi connectivity index (χ0v) is 25.1. The lowest BCUT2D eigenvalue weighted by Crippen LogP contribution is -2.11. The standard InChI is InChI=1S/C34H46O9/c1-3-32(35)41-23-11-7-5-9-21-39-30-17-13-28(14-18-30)27-38-25-26-43-34(37)29-15-19-31(20-16-29)40-22-10-6-8-12-24-42-33(36)4-2/h3-4,13-20,32,35H,1-2,5-12,21-27H2. The van der Waals surface area contributed by atoms with Crippen LogP contribution in [0.3, 0.4) is 0 Å². The van der Waals surface area contributed by atoms with E-state index < -0.39 is 18.2 Å². The van der Waals surface area contributed by atoms with E-state index >= 15 is 0 Å². The Morgan fingerprint density at radius 3 is 1.81 bits per heavy atom. The van der Waals surface area contributed by atoms with Crippen LogP contribution in [0.4, 0.5) is 0 Å². The third-order valence-corrected chi connectivity index (χ3v) is 6.26. The van der Waals surface area contributed by atoms with E-state index in [0.29, 0.717) is 51.0 Å². The Kier molecular flexibility index (Phi) is 18.9. The molecule has 0 saturated carbocycles. The van der Waals surface area contributed by atoms with Crippen LogP contribution in [0.2, 0.25) is 0 Å². The molecule has 0 amide bonds. The average Bonchev–Trinajstić information content (AvgIpc) is 3.03. The van der Waals surface area contributed by atoms with Gasteiger partial charge in [0.2, 0.25) is 0 Å². The molecular weight excluding hydrogens is 552 g/mol. The number of hydrogen-bond acceptors (Lipinski definition) is 9. The van der Waals surface area contributed by atoms with Crippen LogP contribution in [0.15, 0.2) is 73.8 Å². The number of carbonyl (C=O) groups is 2. The van der Waals surface area contributed by atoms with Crippen molar-refractivity contribution in [2.45, 2.75) is 64.3 Å². The quantitative estimate of drug-likeness (QED) is 0.0470. The highest BCUT2D eigenvalue weighted by atomic mass is 16.6. The first-order chi connectivity index (χ1) is 21.0. The van der Waals surface area contributed by atoms with E-state index in [1.54, 1.807) is 24.3 Å². The van der Waals surface area contributed by atoms with Gasteiger partial charge in [-0.15, -0.1) is 0 Å². The highest BCUT2D eigenvalue weighted by molar-refractivity contribution is 5.89. The molecule has 0 aliphatic heterocycles. The van der Waals surface area contributed by atoms with Crippen LogP contribution in [0.25, 0.3) is 0 Å². The van der Waals surface area contributed by atoms with E-state index in [1.165, 1.54) is 6.08 Å². The Morgan fingerprint density at radius 2 is 1.23 bits per heavy atom. The lowest BCUT2D eigenvalue weighted by molar-refractivity contribution is -0.137. The molecule has 0 fully saturated rings. The van der Waals surface area contributed by atoms with Crippen LogP contribution in [0.5, 0.6) is 11.5 Å². The number of rotatable bonds is 25. The number of carbonyl (C=O) groups excluding carboxylic acids is 2. The summed E-state index contributed by atoms with van der Waals surface area (Å²) >= 11 is 0. The second-order valence-electron chi connectivity index (χ2n) is 9.75. The molecule has 2 aromatic rings. The van der Waals surface area contributed by atoms with Gasteiger partial charge in [0.25, 0.3) is 0 Å². The molecule has 43 heavy (non-hydrogen) atoms. The van der Waals surface area contributed by atoms with Gasteiger partial charge < -0.3 is 33.5 Å². The number of benzene rings is 2. The minimum atomic E-state index is -0.881. The number of esters is 2. The zero-order valence-electron chi connectivity index (χ0n) is 25.1. The van der Waals surface area contributed by atoms with E-state index in [0.717, 1.165) is 68.8 Å². The summed E-state index contributed by atoms with van der Waals surface area (Å²) in [4.78, 5) is 23.3. The Balaban J connectivity index is 1.48. The molecule has 236 valence electrons. The number of hydrogen-bond donors (Lipinski definition) is 1. The van der Waals surface area contributed by atoms with Crippen LogP contribution in [-0.2, 0) is 30.3 Å². The van der Waals surface area contributed by atoms with E-state index in [9.17, 15) is 14.7 Å². The van der Waals surface area contributed by atoms with Crippen molar-refractivity contribution in [1.29, 1.82) is 0 Å². The monoisotopic (exact) mass is 598 g/mol. The summed E-state index contributed by atoms with van der Waals surface area (Å²) in [5.41, 5.74) is 1.46. The van der Waals surface area contributed by atoms with Gasteiger partial charge in [0, 0.05) is 6.08 Å². The van der Waals surface area contributed by atoms with Gasteiger partial charge in [-0.1, -0.05) is 31.7 Å². The third-order valence-electron chi connectivity index (χ3n) is 6.26. The zero-order chi connectivity index (χ0) is 31.0. The van der Waals surface area contributed by atoms with Crippen LogP contribution in [-0.4, -0.2) is 63.0 Å². The maximum Gasteiger partial charge on any atom is 0.338 e. The highest BCUT2D eigenvalue weighted by Gasteiger charge is 2.07. The molecule has 0 aromatic heterocycles. The number of aliphatic hydroxyl groups excluding tert-OH is 1. The molecular formula is C34H46O9. The molecule has 0 radical (unpaired) electrons. The van der Waals surface area contributed by atoms with Crippen molar-refractivity contribution in [1.82, 2.24) is 0 Å². The molecule has 0 saturated heterocycles. The minimum Gasteiger partial charge on any atom is -0.494 e. The summed E-state index contributed by atoms with van der Waals surface area (Å²) in [6, 6.07) is 14.6. The number of unbranched alkanes of at least 4 members (excludes halogenated alkanes) is 6. The fourth-order valence-corrected chi connectivity index (χ4v) is 3.83. The van der Waals surface area contributed by atoms with Crippen molar-refractivity contribution in [3.8, 4) is 11.5 Å². The molecule has 0 spiro atoms. The van der Waals surface area contributed by atoms with Crippen LogP contribution in [0, 0.1) is 0 Å². The van der Waals surface area contributed by atoms with Crippen molar-refractivity contribution in [2.75, 3.05) is 39.6 Å². The Hall–Kier alpha value is -3.66. The Bertz CT molecular complexity index is 1050. The lowest BCUT2D eigenvalue weighted by atomic mass is 10.2. The fourth-order valence-electron chi connectivity index (χ4n) is 3.83. The van der Waals surface area contributed by atoms with E-state index in [2.05, 4.69) is 13.2 Å². The van der Waals surface area contributed by atoms with Crippen molar-refractivity contribution < 1.29 is 43.1 Å². The molecule has 9 nitrogen and oxygen atoms in total. The summed E-state index contributed by atoms with van der Waals surface area (Å²) < 4.78 is 32.5. The largest absolute Gasteiger partial charge is 0.494 e. The SMILES string of the molecule is C=CC(=O)OCCCCCCOc1ccc(C(=O)OCCOCc2ccc(OCCCCCCOC(O)C=C)cc2)cc1. The first kappa shape index (κ1) is 35.5. The average molecular weight is 599 g/mol. The smallest absolute Gasteiger partial charge is 0.338 e. The van der Waals surface area contributed by atoms with Gasteiger partial charge in [-0.25, -0.2) is 9.59 Å². The summed E-state index contributed by atoms with van der Waals surface area (Å²) in [5, 5.41) is 9.24. The molecule has 0 bridgehead atoms. The maximum absolute atomic E-state index is 12.3. The topological polar surface area (TPSA) is 110 Å². The highest BCUT2D eigenvalue weighted by Crippen LogP contribution is 2.15. The molecule has 1 unspecified atom stereocenters. The van der Waals surface area contributed by atoms with Crippen molar-refractivity contribution in [3.05, 3.63) is 85.0 Å². The maximum atomic E-state index is 12.3. The summed E-state index contributed by atoms with van der Waals surface area (Å²) in [6.07, 6.45) is 9.17. The second-order valence-corrected chi connectivity index (χ2v) is 9.75. The molecule has 1 N–H and O–H groups in total. The second kappa shape index (κ2) is 22.9. The van der Waals surface area contributed by atoms with Crippen molar-refractivity contribution >= 4 is 11.9 Å². The normalized spacial score (nSPS) is 11.4. The molecule has 0 aliphatic carbocycles. The summed E-state index contributed by atoms with van der Waals surface area (Å²) in [5.74, 6) is 0.707. The first-order valence-electron chi connectivity index (χ1n) is 14.9. The molecule has 2 aromatic carbocycles. The van der Waals surface area contributed by atoms with Gasteiger partial charge in [0.15, 0.2) is 6.29 Å². The van der Waals surface area contributed by atoms with Crippen LogP contribution < -0.4 is 9.47 Å². The van der Waals surface area contributed by atoms with Gasteiger partial charge in [-0.05, 0) is 93.0 Å². The Morgan fingerprint density at radius 1 is 0.674 bits per heavy atom. The van der Waals surface area contributed by atoms with Gasteiger partial charge in [-0.2, -0.15) is 0 Å². The number of aliphatic hydroxyl groups is 1. The van der Waals surface area contributed by atoms with Gasteiger partial charge >= 0.3 is 11.9 Å². The van der Waals surface area contributed by atoms with E-state index in [1.807, 2.05) is 24.3 Å². The van der Waals surface area contributed by atoms with Crippen LogP contribution in [0.1, 0.15) is 67.3 Å². The fraction of sp³-hybridized carbons (Fsp3) is 0.471. The number of ether oxygens (including phenoxy) is 6. The van der Waals surface area contributed by atoms with Crippen molar-refractivity contribution in [3.63, 3.8) is 0 Å². The molecule has 1 atom stereocenters. The first-order valence-corrected chi connectivity index (χ1v) is 14.9. The third kappa shape index (κ3) is 17.1. The van der Waals surface area contributed by atoms with Crippen LogP contribution >= 0.6 is 0 Å². The molecule has 2 rings (SSSR count). The molecule has 9 heteroatoms. The Labute approximate surface area is 255 Å². The van der Waals surface area contributed by atoms with E-state index in [4.69, 9.17) is 28.4 Å². The lowest BCUT2D eigenvalue weighted by Gasteiger charge is -2.09. The van der Waals surface area contributed by atoms with E-state index in [-0.39, 0.29) is 6.61 Å². The predicted molar refractivity (Wildman–Crippen MR) is 164 cm³/mol.